The van der Waals surface area contributed by atoms with Crippen molar-refractivity contribution in [2.75, 3.05) is 36.0 Å². The minimum atomic E-state index is -0.303. The van der Waals surface area contributed by atoms with E-state index >= 15 is 0 Å². The number of halogens is 1. The highest BCUT2D eigenvalue weighted by Crippen LogP contribution is 2.24. The van der Waals surface area contributed by atoms with Crippen molar-refractivity contribution in [1.82, 2.24) is 14.8 Å². The quantitative estimate of drug-likeness (QED) is 0.712. The molecule has 7 heteroatoms. The van der Waals surface area contributed by atoms with Crippen molar-refractivity contribution in [3.63, 3.8) is 0 Å². The maximum atomic E-state index is 12.6. The van der Waals surface area contributed by atoms with Gasteiger partial charge in [-0.2, -0.15) is 9.78 Å². The number of nitrogens with zero attached hydrogens (tertiary/aromatic N) is 5. The fourth-order valence-electron chi connectivity index (χ4n) is 3.11. The Morgan fingerprint density at radius 1 is 0.885 bits per heavy atom. The van der Waals surface area contributed by atoms with Crippen molar-refractivity contribution in [3.8, 4) is 5.69 Å². The summed E-state index contributed by atoms with van der Waals surface area (Å²) in [4.78, 5) is 21.4. The molecule has 3 heterocycles. The number of anilines is 2. The molecule has 1 aromatic carbocycles. The summed E-state index contributed by atoms with van der Waals surface area (Å²) in [6, 6.07) is 15.2. The van der Waals surface area contributed by atoms with E-state index in [0.29, 0.717) is 11.4 Å². The molecule has 132 valence electrons. The summed E-state index contributed by atoms with van der Waals surface area (Å²) in [6.45, 7) is 3.14. The fourth-order valence-corrected chi connectivity index (χ4v) is 3.36. The second kappa shape index (κ2) is 7.17. The van der Waals surface area contributed by atoms with Gasteiger partial charge in [-0.25, -0.2) is 4.98 Å². The average Bonchev–Trinajstić information content (AvgIpc) is 2.71. The van der Waals surface area contributed by atoms with E-state index in [1.54, 1.807) is 12.4 Å². The molecule has 3 aromatic rings. The Morgan fingerprint density at radius 2 is 1.58 bits per heavy atom. The van der Waals surface area contributed by atoms with Crippen LogP contribution in [0.5, 0.6) is 0 Å². The summed E-state index contributed by atoms with van der Waals surface area (Å²) in [7, 11) is 0. The summed E-state index contributed by atoms with van der Waals surface area (Å²) < 4.78 is 1.33. The van der Waals surface area contributed by atoms with Crippen molar-refractivity contribution >= 4 is 23.1 Å². The van der Waals surface area contributed by atoms with Crippen molar-refractivity contribution in [1.29, 1.82) is 0 Å². The predicted octanol–water partition coefficient (Wildman–Crippen LogP) is 2.61. The zero-order chi connectivity index (χ0) is 17.9. The van der Waals surface area contributed by atoms with Gasteiger partial charge in [-0.3, -0.25) is 4.79 Å². The monoisotopic (exact) mass is 367 g/mol. The van der Waals surface area contributed by atoms with Gasteiger partial charge < -0.3 is 9.80 Å². The zero-order valence-corrected chi connectivity index (χ0v) is 14.9. The van der Waals surface area contributed by atoms with E-state index in [2.05, 4.69) is 19.9 Å². The third-order valence-corrected chi connectivity index (χ3v) is 4.85. The first-order valence-corrected chi connectivity index (χ1v) is 8.86. The van der Waals surface area contributed by atoms with Gasteiger partial charge in [0.15, 0.2) is 0 Å². The summed E-state index contributed by atoms with van der Waals surface area (Å²) in [5.74, 6) is 0.968. The van der Waals surface area contributed by atoms with Gasteiger partial charge in [-0.15, -0.1) is 0 Å². The van der Waals surface area contributed by atoms with Gasteiger partial charge in [0, 0.05) is 32.4 Å². The molecule has 0 bridgehead atoms. The molecule has 2 aromatic heterocycles. The molecule has 0 aliphatic carbocycles. The van der Waals surface area contributed by atoms with Crippen LogP contribution in [0, 0.1) is 0 Å². The van der Waals surface area contributed by atoms with Crippen LogP contribution in [0.4, 0.5) is 11.5 Å². The van der Waals surface area contributed by atoms with E-state index in [4.69, 9.17) is 11.6 Å². The van der Waals surface area contributed by atoms with E-state index in [-0.39, 0.29) is 10.6 Å². The lowest BCUT2D eigenvalue weighted by Crippen LogP contribution is -2.47. The van der Waals surface area contributed by atoms with Crippen LogP contribution >= 0.6 is 11.6 Å². The second-order valence-electron chi connectivity index (χ2n) is 6.06. The zero-order valence-electron chi connectivity index (χ0n) is 14.1. The molecular weight excluding hydrogens is 350 g/mol. The van der Waals surface area contributed by atoms with Gasteiger partial charge in [0.25, 0.3) is 5.56 Å². The van der Waals surface area contributed by atoms with Crippen LogP contribution in [0.2, 0.25) is 5.02 Å². The van der Waals surface area contributed by atoms with Gasteiger partial charge in [0.2, 0.25) is 0 Å². The Balaban J connectivity index is 1.54. The van der Waals surface area contributed by atoms with Crippen LogP contribution < -0.4 is 15.4 Å². The molecule has 1 aliphatic heterocycles. The summed E-state index contributed by atoms with van der Waals surface area (Å²) in [5, 5.41) is 4.52. The highest BCUT2D eigenvalue weighted by molar-refractivity contribution is 6.33. The highest BCUT2D eigenvalue weighted by atomic mass is 35.5. The van der Waals surface area contributed by atoms with Gasteiger partial charge in [0.1, 0.15) is 10.8 Å². The standard InChI is InChI=1S/C19H18ClN5O/c20-18-16(14-22-25(19(18)26)15-6-2-1-3-7-15)23-10-12-24(13-11-23)17-8-4-5-9-21-17/h1-9,14H,10-13H2. The molecule has 1 fully saturated rings. The van der Waals surface area contributed by atoms with E-state index in [1.807, 2.05) is 48.5 Å². The number of rotatable bonds is 3. The Morgan fingerprint density at radius 3 is 2.27 bits per heavy atom. The number of hydrogen-bond acceptors (Lipinski definition) is 5. The lowest BCUT2D eigenvalue weighted by atomic mass is 10.2. The molecule has 0 unspecified atom stereocenters. The maximum absolute atomic E-state index is 12.6. The Bertz CT molecular complexity index is 937. The van der Waals surface area contributed by atoms with Crippen LogP contribution in [-0.2, 0) is 0 Å². The minimum Gasteiger partial charge on any atom is -0.365 e. The molecule has 1 saturated heterocycles. The molecule has 0 atom stereocenters. The van der Waals surface area contributed by atoms with E-state index in [1.165, 1.54) is 4.68 Å². The van der Waals surface area contributed by atoms with Gasteiger partial charge in [0.05, 0.1) is 17.6 Å². The van der Waals surface area contributed by atoms with Crippen LogP contribution in [0.25, 0.3) is 5.69 Å². The molecule has 26 heavy (non-hydrogen) atoms. The molecule has 0 saturated carbocycles. The molecule has 6 nitrogen and oxygen atoms in total. The highest BCUT2D eigenvalue weighted by Gasteiger charge is 2.22. The largest absolute Gasteiger partial charge is 0.365 e. The lowest BCUT2D eigenvalue weighted by molar-refractivity contribution is 0.643. The summed E-state index contributed by atoms with van der Waals surface area (Å²) in [5.41, 5.74) is 1.08. The van der Waals surface area contributed by atoms with E-state index in [0.717, 1.165) is 32.0 Å². The van der Waals surface area contributed by atoms with E-state index < -0.39 is 0 Å². The maximum Gasteiger partial charge on any atom is 0.292 e. The number of aromatic nitrogens is 3. The Kier molecular flexibility index (Phi) is 4.58. The van der Waals surface area contributed by atoms with Crippen molar-refractivity contribution in [3.05, 3.63) is 76.3 Å². The summed E-state index contributed by atoms with van der Waals surface area (Å²) in [6.07, 6.45) is 3.47. The third kappa shape index (κ3) is 3.15. The minimum absolute atomic E-state index is 0.204. The van der Waals surface area contributed by atoms with Crippen LogP contribution in [0.3, 0.4) is 0 Å². The van der Waals surface area contributed by atoms with Crippen molar-refractivity contribution < 1.29 is 0 Å². The molecule has 0 amide bonds. The molecule has 1 aliphatic rings. The third-order valence-electron chi connectivity index (χ3n) is 4.49. The topological polar surface area (TPSA) is 54.3 Å². The second-order valence-corrected chi connectivity index (χ2v) is 6.44. The number of hydrogen-bond donors (Lipinski definition) is 0. The van der Waals surface area contributed by atoms with Gasteiger partial charge >= 0.3 is 0 Å². The lowest BCUT2D eigenvalue weighted by Gasteiger charge is -2.36. The Hall–Kier alpha value is -2.86. The first-order chi connectivity index (χ1) is 12.7. The number of para-hydroxylation sites is 1. The molecule has 0 radical (unpaired) electrons. The van der Waals surface area contributed by atoms with Crippen LogP contribution in [0.15, 0.2) is 65.7 Å². The van der Waals surface area contributed by atoms with E-state index in [9.17, 15) is 4.79 Å². The number of piperazine rings is 1. The number of benzene rings is 1. The molecule has 4 rings (SSSR count). The van der Waals surface area contributed by atoms with Crippen molar-refractivity contribution in [2.24, 2.45) is 0 Å². The summed E-state index contributed by atoms with van der Waals surface area (Å²) >= 11 is 6.39. The average molecular weight is 368 g/mol. The SMILES string of the molecule is O=c1c(Cl)c(N2CCN(c3ccccn3)CC2)cnn1-c1ccccc1. The number of pyridine rings is 1. The van der Waals surface area contributed by atoms with Crippen LogP contribution in [-0.4, -0.2) is 40.9 Å². The first kappa shape index (κ1) is 16.6. The molecular formula is C19H18ClN5O. The van der Waals surface area contributed by atoms with Gasteiger partial charge in [-0.1, -0.05) is 35.9 Å². The fraction of sp³-hybridized carbons (Fsp3) is 0.211. The molecule has 0 N–H and O–H groups in total. The van der Waals surface area contributed by atoms with Crippen LogP contribution in [0.1, 0.15) is 0 Å². The Labute approximate surface area is 156 Å². The first-order valence-electron chi connectivity index (χ1n) is 8.48. The predicted molar refractivity (Wildman–Crippen MR) is 104 cm³/mol. The normalized spacial score (nSPS) is 14.5. The van der Waals surface area contributed by atoms with Crippen molar-refractivity contribution in [2.45, 2.75) is 0 Å². The smallest absolute Gasteiger partial charge is 0.292 e. The molecule has 0 spiro atoms. The van der Waals surface area contributed by atoms with Gasteiger partial charge in [-0.05, 0) is 24.3 Å².